The molecule has 2 amide bonds. The SMILES string of the molecule is CC(C)C(=O)NC1C[C@H]2CC[C@@H](C1)N2CC[C@H](NC(=O)C1CCC(F)(F)CC1)c1ccccc1. The van der Waals surface area contributed by atoms with E-state index in [0.29, 0.717) is 12.1 Å². The fourth-order valence-corrected chi connectivity index (χ4v) is 6.00. The summed E-state index contributed by atoms with van der Waals surface area (Å²) in [7, 11) is 0. The molecule has 188 valence electrons. The maximum absolute atomic E-state index is 13.6. The lowest BCUT2D eigenvalue weighted by Gasteiger charge is -2.40. The smallest absolute Gasteiger partial charge is 0.248 e. The number of halogens is 2. The van der Waals surface area contributed by atoms with E-state index in [4.69, 9.17) is 0 Å². The summed E-state index contributed by atoms with van der Waals surface area (Å²) in [5, 5.41) is 6.42. The van der Waals surface area contributed by atoms with E-state index in [1.54, 1.807) is 0 Å². The predicted molar refractivity (Wildman–Crippen MR) is 128 cm³/mol. The highest BCUT2D eigenvalue weighted by Crippen LogP contribution is 2.38. The zero-order chi connectivity index (χ0) is 24.3. The van der Waals surface area contributed by atoms with Gasteiger partial charge in [0.1, 0.15) is 0 Å². The number of fused-ring (bicyclic) bond motifs is 2. The van der Waals surface area contributed by atoms with Crippen LogP contribution in [0.4, 0.5) is 8.78 Å². The third-order valence-electron chi connectivity index (χ3n) is 8.04. The van der Waals surface area contributed by atoms with Crippen molar-refractivity contribution >= 4 is 11.8 Å². The standard InChI is InChI=1S/C27H39F2N3O2/c1-18(2)25(33)30-21-16-22-8-9-23(17-21)32(22)15-12-24(19-6-4-3-5-7-19)31-26(34)20-10-13-27(28,29)14-11-20/h3-7,18,20-24H,8-17H2,1-2H3,(H,30,33)(H,31,34)/t21?,22-,23+,24-/m0/s1. The Labute approximate surface area is 202 Å². The van der Waals surface area contributed by atoms with Crippen molar-refractivity contribution in [2.45, 2.75) is 102 Å². The van der Waals surface area contributed by atoms with Gasteiger partial charge in [0.05, 0.1) is 6.04 Å². The molecule has 7 heteroatoms. The van der Waals surface area contributed by atoms with Crippen LogP contribution >= 0.6 is 0 Å². The fraction of sp³-hybridized carbons (Fsp3) is 0.704. The van der Waals surface area contributed by atoms with Gasteiger partial charge in [0.15, 0.2) is 0 Å². The molecule has 3 aliphatic rings. The summed E-state index contributed by atoms with van der Waals surface area (Å²) in [6.07, 6.45) is 5.14. The first kappa shape index (κ1) is 25.1. The van der Waals surface area contributed by atoms with E-state index < -0.39 is 5.92 Å². The van der Waals surface area contributed by atoms with Gasteiger partial charge in [-0.1, -0.05) is 44.2 Å². The third kappa shape index (κ3) is 6.15. The van der Waals surface area contributed by atoms with Crippen LogP contribution in [0, 0.1) is 11.8 Å². The van der Waals surface area contributed by atoms with E-state index in [2.05, 4.69) is 15.5 Å². The van der Waals surface area contributed by atoms with Crippen molar-refractivity contribution in [2.24, 2.45) is 11.8 Å². The van der Waals surface area contributed by atoms with Gasteiger partial charge in [0, 0.05) is 49.3 Å². The number of amides is 2. The molecule has 1 saturated carbocycles. The Morgan fingerprint density at radius 2 is 1.65 bits per heavy atom. The molecule has 1 aromatic carbocycles. The zero-order valence-corrected chi connectivity index (χ0v) is 20.4. The molecule has 3 fully saturated rings. The van der Waals surface area contributed by atoms with Gasteiger partial charge in [0.25, 0.3) is 0 Å². The molecule has 2 bridgehead atoms. The van der Waals surface area contributed by atoms with Crippen LogP contribution in [0.2, 0.25) is 0 Å². The van der Waals surface area contributed by atoms with Gasteiger partial charge in [0.2, 0.25) is 17.7 Å². The highest BCUT2D eigenvalue weighted by atomic mass is 19.3. The van der Waals surface area contributed by atoms with Gasteiger partial charge in [-0.25, -0.2) is 8.78 Å². The number of nitrogens with zero attached hydrogens (tertiary/aromatic N) is 1. The second kappa shape index (κ2) is 10.7. The van der Waals surface area contributed by atoms with E-state index in [1.807, 2.05) is 44.2 Å². The van der Waals surface area contributed by atoms with Crippen LogP contribution in [0.15, 0.2) is 30.3 Å². The largest absolute Gasteiger partial charge is 0.353 e. The molecule has 1 aliphatic carbocycles. The highest BCUT2D eigenvalue weighted by molar-refractivity contribution is 5.79. The van der Waals surface area contributed by atoms with Crippen molar-refractivity contribution in [1.29, 1.82) is 0 Å². The monoisotopic (exact) mass is 475 g/mol. The van der Waals surface area contributed by atoms with Crippen LogP contribution in [-0.4, -0.2) is 47.3 Å². The average molecular weight is 476 g/mol. The zero-order valence-electron chi connectivity index (χ0n) is 20.4. The second-order valence-corrected chi connectivity index (χ2v) is 10.8. The van der Waals surface area contributed by atoms with E-state index in [-0.39, 0.29) is 61.4 Å². The fourth-order valence-electron chi connectivity index (χ4n) is 6.00. The Bertz CT molecular complexity index is 824. The van der Waals surface area contributed by atoms with Crippen LogP contribution in [0.1, 0.15) is 83.2 Å². The molecular formula is C27H39F2N3O2. The lowest BCUT2D eigenvalue weighted by molar-refractivity contribution is -0.130. The molecule has 4 atom stereocenters. The average Bonchev–Trinajstić information content (AvgIpc) is 3.04. The summed E-state index contributed by atoms with van der Waals surface area (Å²) in [6, 6.07) is 11.0. The summed E-state index contributed by atoms with van der Waals surface area (Å²) in [4.78, 5) is 27.7. The molecule has 1 aromatic rings. The number of nitrogens with one attached hydrogen (secondary N) is 2. The number of hydrogen-bond acceptors (Lipinski definition) is 3. The van der Waals surface area contributed by atoms with Gasteiger partial charge < -0.3 is 10.6 Å². The minimum atomic E-state index is -2.63. The first-order valence-corrected chi connectivity index (χ1v) is 13.0. The molecule has 2 aliphatic heterocycles. The number of rotatable bonds is 8. The van der Waals surface area contributed by atoms with Gasteiger partial charge in [-0.3, -0.25) is 14.5 Å². The lowest BCUT2D eigenvalue weighted by Crippen LogP contribution is -2.51. The number of piperidine rings is 1. The summed E-state index contributed by atoms with van der Waals surface area (Å²) >= 11 is 0. The molecule has 34 heavy (non-hydrogen) atoms. The number of carbonyl (C=O) groups excluding carboxylic acids is 2. The molecule has 0 spiro atoms. The molecule has 4 rings (SSSR count). The predicted octanol–water partition coefficient (Wildman–Crippen LogP) is 4.83. The van der Waals surface area contributed by atoms with Crippen LogP contribution in [0.3, 0.4) is 0 Å². The summed E-state index contributed by atoms with van der Waals surface area (Å²) in [6.45, 7) is 4.73. The van der Waals surface area contributed by atoms with Crippen molar-refractivity contribution in [1.82, 2.24) is 15.5 Å². The lowest BCUT2D eigenvalue weighted by atomic mass is 9.86. The van der Waals surface area contributed by atoms with E-state index in [9.17, 15) is 18.4 Å². The third-order valence-corrected chi connectivity index (χ3v) is 8.04. The Kier molecular flexibility index (Phi) is 7.90. The van der Waals surface area contributed by atoms with E-state index >= 15 is 0 Å². The Balaban J connectivity index is 1.36. The topological polar surface area (TPSA) is 61.4 Å². The Hall–Kier alpha value is -2.02. The van der Waals surface area contributed by atoms with Crippen molar-refractivity contribution in [2.75, 3.05) is 6.54 Å². The minimum Gasteiger partial charge on any atom is -0.353 e. The molecule has 0 aromatic heterocycles. The van der Waals surface area contributed by atoms with Gasteiger partial charge in [-0.2, -0.15) is 0 Å². The number of carbonyl (C=O) groups is 2. The molecule has 2 saturated heterocycles. The highest BCUT2D eigenvalue weighted by Gasteiger charge is 2.41. The molecular weight excluding hydrogens is 436 g/mol. The normalized spacial score (nSPS) is 28.0. The van der Waals surface area contributed by atoms with Crippen molar-refractivity contribution in [3.05, 3.63) is 35.9 Å². The molecule has 0 radical (unpaired) electrons. The quantitative estimate of drug-likeness (QED) is 0.566. The first-order valence-electron chi connectivity index (χ1n) is 13.0. The molecule has 2 N–H and O–H groups in total. The van der Waals surface area contributed by atoms with Gasteiger partial charge >= 0.3 is 0 Å². The van der Waals surface area contributed by atoms with E-state index in [1.165, 1.54) is 0 Å². The maximum atomic E-state index is 13.6. The number of hydrogen-bond donors (Lipinski definition) is 2. The van der Waals surface area contributed by atoms with Crippen LogP contribution in [-0.2, 0) is 9.59 Å². The van der Waals surface area contributed by atoms with Crippen LogP contribution in [0.5, 0.6) is 0 Å². The molecule has 5 nitrogen and oxygen atoms in total. The summed E-state index contributed by atoms with van der Waals surface area (Å²) in [5.41, 5.74) is 1.06. The van der Waals surface area contributed by atoms with Crippen molar-refractivity contribution in [3.63, 3.8) is 0 Å². The van der Waals surface area contributed by atoms with Crippen LogP contribution in [0.25, 0.3) is 0 Å². The Morgan fingerprint density at radius 1 is 1.03 bits per heavy atom. The van der Waals surface area contributed by atoms with Crippen molar-refractivity contribution < 1.29 is 18.4 Å². The Morgan fingerprint density at radius 3 is 2.24 bits per heavy atom. The second-order valence-electron chi connectivity index (χ2n) is 10.8. The molecule has 1 unspecified atom stereocenters. The van der Waals surface area contributed by atoms with Crippen molar-refractivity contribution in [3.8, 4) is 0 Å². The minimum absolute atomic E-state index is 0.00122. The number of benzene rings is 1. The number of alkyl halides is 2. The summed E-state index contributed by atoms with van der Waals surface area (Å²) < 4.78 is 27.1. The first-order chi connectivity index (χ1) is 16.2. The summed E-state index contributed by atoms with van der Waals surface area (Å²) in [5.74, 6) is -2.92. The van der Waals surface area contributed by atoms with Crippen LogP contribution < -0.4 is 10.6 Å². The maximum Gasteiger partial charge on any atom is 0.248 e. The van der Waals surface area contributed by atoms with Gasteiger partial charge in [-0.05, 0) is 50.5 Å². The molecule has 2 heterocycles. The van der Waals surface area contributed by atoms with Gasteiger partial charge in [-0.15, -0.1) is 0 Å². The van der Waals surface area contributed by atoms with E-state index in [0.717, 1.165) is 44.2 Å².